The minimum Gasteiger partial charge on any atom is -0.378 e. The second-order valence-electron chi connectivity index (χ2n) is 8.96. The summed E-state index contributed by atoms with van der Waals surface area (Å²) in [7, 11) is 0. The number of hydrogen-bond acceptors (Lipinski definition) is 14. The van der Waals surface area contributed by atoms with E-state index in [4.69, 9.17) is 11.5 Å². The summed E-state index contributed by atoms with van der Waals surface area (Å²) in [5.41, 5.74) is 13.4. The Morgan fingerprint density at radius 2 is 1.32 bits per heavy atom. The van der Waals surface area contributed by atoms with Crippen molar-refractivity contribution in [3.05, 3.63) is 122 Å². The van der Waals surface area contributed by atoms with Gasteiger partial charge in [-0.05, 0) is 52.3 Å². The van der Waals surface area contributed by atoms with Gasteiger partial charge in [0.25, 0.3) is 0 Å². The van der Waals surface area contributed by atoms with E-state index in [2.05, 4.69) is 51.2 Å². The highest BCUT2D eigenvalue weighted by Crippen LogP contribution is 2.33. The van der Waals surface area contributed by atoms with Crippen molar-refractivity contribution in [3.8, 4) is 28.1 Å². The number of H-pyrrole nitrogens is 1. The molecule has 0 aromatic carbocycles. The lowest BCUT2D eigenvalue weighted by atomic mass is 10.1. The molecular formula is C28H21BrN12O6. The molecule has 6 aromatic rings. The molecule has 5 N–H and O–H groups in total. The van der Waals surface area contributed by atoms with Crippen molar-refractivity contribution in [2.24, 2.45) is 0 Å². The molecule has 6 aromatic heterocycles. The number of hydrogen-bond donors (Lipinski definition) is 3. The highest BCUT2D eigenvalue weighted by atomic mass is 79.9. The second-order valence-corrected chi connectivity index (χ2v) is 9.77. The standard InChI is InChI=1S/C14H10N6O3.C8H7N5O2.C6H4BrNO/c15-14-13(20(22)23)11(3-4-16-14)10-6-18-19(7-10)12-2-1-9(8-21)5-17-12;9-8-7(13(14)15)6(1-2-10-8)5-3-11-12-4-5;7-6-2-1-5(4-9)3-8-6/h1-8H,(H2,15,16);1-4H,(H2,9,10)(H,11,12);1-4H. The number of aromatic amines is 1. The van der Waals surface area contributed by atoms with Gasteiger partial charge in [-0.15, -0.1) is 0 Å². The Morgan fingerprint density at radius 1 is 0.745 bits per heavy atom. The number of rotatable bonds is 7. The van der Waals surface area contributed by atoms with Crippen LogP contribution in [-0.4, -0.2) is 62.3 Å². The van der Waals surface area contributed by atoms with Gasteiger partial charge in [-0.2, -0.15) is 10.2 Å². The second kappa shape index (κ2) is 15.3. The third-order valence-electron chi connectivity index (χ3n) is 6.00. The number of carbonyl (C=O) groups is 2. The van der Waals surface area contributed by atoms with E-state index in [-0.39, 0.29) is 23.0 Å². The van der Waals surface area contributed by atoms with Crippen LogP contribution in [0.5, 0.6) is 0 Å². The Bertz CT molecular complexity index is 2020. The minimum absolute atomic E-state index is 0.0984. The van der Waals surface area contributed by atoms with Crippen LogP contribution >= 0.6 is 15.9 Å². The lowest BCUT2D eigenvalue weighted by molar-refractivity contribution is -0.383. The molecule has 0 fully saturated rings. The summed E-state index contributed by atoms with van der Waals surface area (Å²) in [6.07, 6.45) is 13.3. The normalized spacial score (nSPS) is 10.1. The summed E-state index contributed by atoms with van der Waals surface area (Å²) in [5.74, 6) is 0.221. The number of anilines is 2. The SMILES string of the molecule is Nc1nccc(-c2cn[nH]c2)c1[N+](=O)[O-].Nc1nccc(-c2cnn(-c3ccc(C=O)cn3)c2)c1[N+](=O)[O-].O=Cc1ccc(Br)nc1. The zero-order valence-electron chi connectivity index (χ0n) is 23.7. The monoisotopic (exact) mass is 700 g/mol. The highest BCUT2D eigenvalue weighted by Gasteiger charge is 2.22. The highest BCUT2D eigenvalue weighted by molar-refractivity contribution is 9.10. The van der Waals surface area contributed by atoms with Crippen molar-refractivity contribution in [3.63, 3.8) is 0 Å². The molecule has 0 saturated heterocycles. The lowest BCUT2D eigenvalue weighted by Crippen LogP contribution is -2.00. The average Bonchev–Trinajstić information content (AvgIpc) is 3.79. The summed E-state index contributed by atoms with van der Waals surface area (Å²) < 4.78 is 2.19. The van der Waals surface area contributed by atoms with Crippen LogP contribution in [0.25, 0.3) is 28.1 Å². The van der Waals surface area contributed by atoms with Gasteiger partial charge in [0.2, 0.25) is 11.6 Å². The largest absolute Gasteiger partial charge is 0.378 e. The lowest BCUT2D eigenvalue weighted by Gasteiger charge is -2.02. The molecule has 19 heteroatoms. The van der Waals surface area contributed by atoms with Crippen molar-refractivity contribution >= 4 is 51.5 Å². The Labute approximate surface area is 272 Å². The summed E-state index contributed by atoms with van der Waals surface area (Å²) in [5, 5.41) is 32.4. The predicted octanol–water partition coefficient (Wildman–Crippen LogP) is 4.25. The fraction of sp³-hybridized carbons (Fsp3) is 0. The van der Waals surface area contributed by atoms with Crippen molar-refractivity contribution in [2.75, 3.05) is 11.5 Å². The smallest absolute Gasteiger partial charge is 0.319 e. The third-order valence-corrected chi connectivity index (χ3v) is 6.47. The van der Waals surface area contributed by atoms with Crippen LogP contribution in [0.4, 0.5) is 23.0 Å². The van der Waals surface area contributed by atoms with E-state index in [0.29, 0.717) is 45.5 Å². The summed E-state index contributed by atoms with van der Waals surface area (Å²) in [6.45, 7) is 0. The maximum atomic E-state index is 11.2. The number of nitrogen functional groups attached to an aromatic ring is 2. The number of pyridine rings is 4. The van der Waals surface area contributed by atoms with E-state index < -0.39 is 9.85 Å². The molecule has 0 radical (unpaired) electrons. The molecule has 0 aliphatic rings. The van der Waals surface area contributed by atoms with Gasteiger partial charge in [-0.25, -0.2) is 24.6 Å². The fourth-order valence-electron chi connectivity index (χ4n) is 3.84. The van der Waals surface area contributed by atoms with Crippen LogP contribution in [0.1, 0.15) is 20.7 Å². The van der Waals surface area contributed by atoms with Gasteiger partial charge < -0.3 is 11.5 Å². The number of carbonyl (C=O) groups excluding carboxylic acids is 2. The zero-order valence-corrected chi connectivity index (χ0v) is 25.3. The Balaban J connectivity index is 0.000000178. The first kappa shape index (κ1) is 33.1. The van der Waals surface area contributed by atoms with Gasteiger partial charge in [0.15, 0.2) is 18.4 Å². The number of halogens is 1. The predicted molar refractivity (Wildman–Crippen MR) is 171 cm³/mol. The Morgan fingerprint density at radius 3 is 1.79 bits per heavy atom. The van der Waals surface area contributed by atoms with Crippen LogP contribution in [-0.2, 0) is 0 Å². The van der Waals surface area contributed by atoms with Gasteiger partial charge in [0, 0.05) is 59.4 Å². The molecule has 0 aliphatic carbocycles. The van der Waals surface area contributed by atoms with E-state index in [1.165, 1.54) is 54.0 Å². The number of nitrogens with two attached hydrogens (primary N) is 2. The van der Waals surface area contributed by atoms with Gasteiger partial charge in [-0.3, -0.25) is 34.9 Å². The van der Waals surface area contributed by atoms with E-state index in [9.17, 15) is 29.8 Å². The molecule has 18 nitrogen and oxygen atoms in total. The third kappa shape index (κ3) is 8.25. The van der Waals surface area contributed by atoms with E-state index in [0.717, 1.165) is 10.9 Å². The number of aldehydes is 2. The van der Waals surface area contributed by atoms with E-state index in [1.54, 1.807) is 36.7 Å². The first-order valence-electron chi connectivity index (χ1n) is 12.9. The molecule has 236 valence electrons. The minimum atomic E-state index is -0.577. The fourth-order valence-corrected chi connectivity index (χ4v) is 4.07. The number of nitrogens with zero attached hydrogens (tertiary/aromatic N) is 9. The molecule has 0 bridgehead atoms. The van der Waals surface area contributed by atoms with Crippen LogP contribution in [0, 0.1) is 20.2 Å². The van der Waals surface area contributed by atoms with E-state index >= 15 is 0 Å². The molecule has 0 saturated carbocycles. The number of nitro groups is 2. The molecule has 0 aliphatic heterocycles. The first-order valence-corrected chi connectivity index (χ1v) is 13.7. The number of nitrogens with one attached hydrogen (secondary N) is 1. The zero-order chi connectivity index (χ0) is 33.9. The van der Waals surface area contributed by atoms with Gasteiger partial charge in [0.05, 0.1) is 33.4 Å². The Hall–Kier alpha value is -6.76. The van der Waals surface area contributed by atoms with Gasteiger partial charge in [-0.1, -0.05) is 0 Å². The van der Waals surface area contributed by atoms with Crippen LogP contribution in [0.15, 0.2) is 90.6 Å². The van der Waals surface area contributed by atoms with Crippen LogP contribution in [0.2, 0.25) is 0 Å². The quantitative estimate of drug-likeness (QED) is 0.0909. The van der Waals surface area contributed by atoms with Crippen molar-refractivity contribution < 1.29 is 19.4 Å². The van der Waals surface area contributed by atoms with Crippen LogP contribution in [0.3, 0.4) is 0 Å². The summed E-state index contributed by atoms with van der Waals surface area (Å²) >= 11 is 3.15. The van der Waals surface area contributed by atoms with Gasteiger partial charge >= 0.3 is 11.4 Å². The maximum Gasteiger partial charge on any atom is 0.319 e. The molecule has 0 spiro atoms. The topological polar surface area (TPSA) is 271 Å². The van der Waals surface area contributed by atoms with Crippen molar-refractivity contribution in [2.45, 2.75) is 0 Å². The van der Waals surface area contributed by atoms with Crippen LogP contribution < -0.4 is 11.5 Å². The molecule has 6 heterocycles. The number of aromatic nitrogens is 8. The maximum absolute atomic E-state index is 11.2. The van der Waals surface area contributed by atoms with Gasteiger partial charge in [0.1, 0.15) is 4.60 Å². The Kier molecular flexibility index (Phi) is 10.8. The van der Waals surface area contributed by atoms with Crippen molar-refractivity contribution in [1.82, 2.24) is 39.9 Å². The van der Waals surface area contributed by atoms with E-state index in [1.807, 2.05) is 0 Å². The summed E-state index contributed by atoms with van der Waals surface area (Å²) in [6, 6.07) is 9.67. The average molecular weight is 701 g/mol. The first-order chi connectivity index (χ1) is 22.6. The molecule has 0 unspecified atom stereocenters. The molecule has 0 amide bonds. The van der Waals surface area contributed by atoms with Crippen molar-refractivity contribution in [1.29, 1.82) is 0 Å². The molecule has 6 rings (SSSR count). The molecule has 0 atom stereocenters. The summed E-state index contributed by atoms with van der Waals surface area (Å²) in [4.78, 5) is 56.9. The molecular weight excluding hydrogens is 680 g/mol. The molecule has 47 heavy (non-hydrogen) atoms.